The van der Waals surface area contributed by atoms with E-state index in [1.54, 1.807) is 18.2 Å². The lowest BCUT2D eigenvalue weighted by Gasteiger charge is -2.11. The third-order valence-corrected chi connectivity index (χ3v) is 4.16. The van der Waals surface area contributed by atoms with Gasteiger partial charge in [0.25, 0.3) is 0 Å². The van der Waals surface area contributed by atoms with Gasteiger partial charge in [-0.3, -0.25) is 0 Å². The number of ether oxygens (including phenoxy) is 1. The number of nitrogens with zero attached hydrogens (tertiary/aromatic N) is 1. The Morgan fingerprint density at radius 2 is 1.81 bits per heavy atom. The van der Waals surface area contributed by atoms with Gasteiger partial charge in [-0.05, 0) is 44.9 Å². The second kappa shape index (κ2) is 5.77. The Labute approximate surface area is 135 Å². The topological polar surface area (TPSA) is 33.0 Å². The number of hydrogen-bond donors (Lipinski definition) is 0. The summed E-state index contributed by atoms with van der Waals surface area (Å²) in [7, 11) is 0. The van der Waals surface area contributed by atoms with Gasteiger partial charge in [0.1, 0.15) is 17.6 Å². The van der Waals surface area contributed by atoms with Gasteiger partial charge < -0.3 is 4.74 Å². The molecule has 3 aromatic carbocycles. The first-order chi connectivity index (χ1) is 10.2. The molecule has 0 aromatic heterocycles. The predicted octanol–water partition coefficient (Wildman–Crippen LogP) is 5.92. The van der Waals surface area contributed by atoms with E-state index in [0.29, 0.717) is 22.1 Å². The van der Waals surface area contributed by atoms with Gasteiger partial charge in [-0.1, -0.05) is 41.9 Å². The van der Waals surface area contributed by atoms with Crippen molar-refractivity contribution in [3.63, 3.8) is 0 Å². The van der Waals surface area contributed by atoms with E-state index in [-0.39, 0.29) is 0 Å². The first-order valence-corrected chi connectivity index (χ1v) is 7.41. The van der Waals surface area contributed by atoms with Crippen LogP contribution in [0.3, 0.4) is 0 Å². The molecule has 0 heterocycles. The van der Waals surface area contributed by atoms with Gasteiger partial charge in [0, 0.05) is 11.1 Å². The van der Waals surface area contributed by atoms with E-state index >= 15 is 0 Å². The number of fused-ring (bicyclic) bond motifs is 1. The lowest BCUT2D eigenvalue weighted by atomic mass is 10.1. The molecule has 3 rings (SSSR count). The molecule has 0 radical (unpaired) electrons. The molecule has 2 nitrogen and oxygen atoms in total. The summed E-state index contributed by atoms with van der Waals surface area (Å²) in [5.74, 6) is 1.09. The van der Waals surface area contributed by atoms with Crippen LogP contribution in [-0.4, -0.2) is 0 Å². The van der Waals surface area contributed by atoms with Crippen molar-refractivity contribution < 1.29 is 4.74 Å². The molecular formula is C17H9BrClNO. The van der Waals surface area contributed by atoms with Crippen LogP contribution in [0.2, 0.25) is 5.02 Å². The molecule has 0 spiro atoms. The monoisotopic (exact) mass is 357 g/mol. The standard InChI is InChI=1S/C17H9BrClNO/c18-17-14-4-2-1-3-11(14)6-8-15(17)21-16-9-13(19)7-5-12(16)10-20/h1-9H. The highest BCUT2D eigenvalue weighted by molar-refractivity contribution is 9.10. The molecule has 0 N–H and O–H groups in total. The summed E-state index contributed by atoms with van der Waals surface area (Å²) in [5, 5.41) is 11.8. The van der Waals surface area contributed by atoms with Crippen LogP contribution in [-0.2, 0) is 0 Å². The van der Waals surface area contributed by atoms with Crippen molar-refractivity contribution in [2.45, 2.75) is 0 Å². The Balaban J connectivity index is 2.09. The third kappa shape index (κ3) is 2.73. The molecule has 0 aliphatic rings. The summed E-state index contributed by atoms with van der Waals surface area (Å²) in [6.07, 6.45) is 0. The van der Waals surface area contributed by atoms with Gasteiger partial charge >= 0.3 is 0 Å². The van der Waals surface area contributed by atoms with Gasteiger partial charge in [0.2, 0.25) is 0 Å². The highest BCUT2D eigenvalue weighted by Crippen LogP contribution is 2.37. The van der Waals surface area contributed by atoms with Crippen molar-refractivity contribution in [2.24, 2.45) is 0 Å². The minimum atomic E-state index is 0.444. The number of halogens is 2. The number of benzene rings is 3. The highest BCUT2D eigenvalue weighted by Gasteiger charge is 2.10. The van der Waals surface area contributed by atoms with Crippen LogP contribution in [0.5, 0.6) is 11.5 Å². The number of rotatable bonds is 2. The van der Waals surface area contributed by atoms with Crippen LogP contribution in [0.25, 0.3) is 10.8 Å². The molecule has 0 amide bonds. The first-order valence-electron chi connectivity index (χ1n) is 6.24. The molecule has 0 bridgehead atoms. The Hall–Kier alpha value is -2.02. The summed E-state index contributed by atoms with van der Waals surface area (Å²) in [6.45, 7) is 0. The van der Waals surface area contributed by atoms with Gasteiger partial charge in [0.05, 0.1) is 10.0 Å². The van der Waals surface area contributed by atoms with Crippen LogP contribution < -0.4 is 4.74 Å². The zero-order chi connectivity index (χ0) is 14.8. The number of nitriles is 1. The minimum Gasteiger partial charge on any atom is -0.455 e. The molecule has 3 aromatic rings. The molecule has 21 heavy (non-hydrogen) atoms. The van der Waals surface area contributed by atoms with E-state index < -0.39 is 0 Å². The second-order valence-corrected chi connectivity index (χ2v) is 5.68. The fourth-order valence-electron chi connectivity index (χ4n) is 2.08. The molecule has 0 saturated heterocycles. The summed E-state index contributed by atoms with van der Waals surface area (Å²) in [6, 6.07) is 18.9. The van der Waals surface area contributed by atoms with E-state index in [9.17, 15) is 0 Å². The van der Waals surface area contributed by atoms with Crippen LogP contribution in [0.1, 0.15) is 5.56 Å². The van der Waals surface area contributed by atoms with Crippen LogP contribution in [0, 0.1) is 11.3 Å². The fraction of sp³-hybridized carbons (Fsp3) is 0. The van der Waals surface area contributed by atoms with E-state index in [1.165, 1.54) is 0 Å². The minimum absolute atomic E-state index is 0.444. The average molecular weight is 359 g/mol. The molecule has 0 aliphatic carbocycles. The van der Waals surface area contributed by atoms with Crippen molar-refractivity contribution in [3.05, 3.63) is 69.7 Å². The third-order valence-electron chi connectivity index (χ3n) is 3.11. The average Bonchev–Trinajstić information content (AvgIpc) is 2.51. The van der Waals surface area contributed by atoms with Gasteiger partial charge in [-0.15, -0.1) is 0 Å². The summed E-state index contributed by atoms with van der Waals surface area (Å²) >= 11 is 9.54. The van der Waals surface area contributed by atoms with Gasteiger partial charge in [-0.2, -0.15) is 5.26 Å². The molecule has 102 valence electrons. The van der Waals surface area contributed by atoms with Crippen LogP contribution >= 0.6 is 27.5 Å². The molecule has 4 heteroatoms. The zero-order valence-electron chi connectivity index (χ0n) is 10.8. The second-order valence-electron chi connectivity index (χ2n) is 4.45. The lowest BCUT2D eigenvalue weighted by Crippen LogP contribution is -1.90. The van der Waals surface area contributed by atoms with Gasteiger partial charge in [-0.25, -0.2) is 0 Å². The fourth-order valence-corrected chi connectivity index (χ4v) is 2.82. The Bertz CT molecular complexity index is 870. The van der Waals surface area contributed by atoms with Crippen molar-refractivity contribution in [2.75, 3.05) is 0 Å². The maximum atomic E-state index is 9.14. The maximum absolute atomic E-state index is 9.14. The quantitative estimate of drug-likeness (QED) is 0.569. The normalized spacial score (nSPS) is 10.3. The summed E-state index contributed by atoms with van der Waals surface area (Å²) in [5.41, 5.74) is 0.444. The van der Waals surface area contributed by atoms with Crippen LogP contribution in [0.4, 0.5) is 0 Å². The van der Waals surface area contributed by atoms with Gasteiger partial charge in [0.15, 0.2) is 0 Å². The van der Waals surface area contributed by atoms with Crippen molar-refractivity contribution in [1.29, 1.82) is 5.26 Å². The molecule has 0 saturated carbocycles. The Morgan fingerprint density at radius 1 is 1.00 bits per heavy atom. The Morgan fingerprint density at radius 3 is 2.62 bits per heavy atom. The van der Waals surface area contributed by atoms with Crippen molar-refractivity contribution in [3.8, 4) is 17.6 Å². The SMILES string of the molecule is N#Cc1ccc(Cl)cc1Oc1ccc2ccccc2c1Br. The molecule has 0 aliphatic heterocycles. The summed E-state index contributed by atoms with van der Waals surface area (Å²) in [4.78, 5) is 0. The van der Waals surface area contributed by atoms with Crippen molar-refractivity contribution in [1.82, 2.24) is 0 Å². The van der Waals surface area contributed by atoms with E-state index in [0.717, 1.165) is 15.2 Å². The highest BCUT2D eigenvalue weighted by atomic mass is 79.9. The van der Waals surface area contributed by atoms with E-state index in [4.69, 9.17) is 21.6 Å². The van der Waals surface area contributed by atoms with Crippen molar-refractivity contribution >= 4 is 38.3 Å². The van der Waals surface area contributed by atoms with E-state index in [1.807, 2.05) is 36.4 Å². The Kier molecular flexibility index (Phi) is 3.83. The molecule has 0 atom stereocenters. The zero-order valence-corrected chi connectivity index (χ0v) is 13.1. The number of hydrogen-bond acceptors (Lipinski definition) is 2. The first kappa shape index (κ1) is 13.9. The molecular weight excluding hydrogens is 350 g/mol. The molecule has 0 unspecified atom stereocenters. The smallest absolute Gasteiger partial charge is 0.146 e. The maximum Gasteiger partial charge on any atom is 0.146 e. The van der Waals surface area contributed by atoms with E-state index in [2.05, 4.69) is 22.0 Å². The largest absolute Gasteiger partial charge is 0.455 e. The molecule has 0 fully saturated rings. The summed E-state index contributed by atoms with van der Waals surface area (Å²) < 4.78 is 6.72. The van der Waals surface area contributed by atoms with Crippen LogP contribution in [0.15, 0.2) is 59.1 Å². The predicted molar refractivity (Wildman–Crippen MR) is 87.9 cm³/mol. The lowest BCUT2D eigenvalue weighted by molar-refractivity contribution is 0.479.